The first-order valence-corrected chi connectivity index (χ1v) is 7.75. The SMILES string of the molecule is C[C@@H](N=Cc1cc(I)cc(I)c1O)C(C)(C)CO. The second-order valence-electron chi connectivity index (χ2n) is 4.93. The van der Waals surface area contributed by atoms with E-state index in [1.807, 2.05) is 32.9 Å². The van der Waals surface area contributed by atoms with E-state index in [9.17, 15) is 10.2 Å². The molecule has 0 amide bonds. The topological polar surface area (TPSA) is 52.8 Å². The Balaban J connectivity index is 2.98. The van der Waals surface area contributed by atoms with Crippen molar-refractivity contribution >= 4 is 51.4 Å². The molecule has 18 heavy (non-hydrogen) atoms. The summed E-state index contributed by atoms with van der Waals surface area (Å²) >= 11 is 4.31. The molecule has 0 unspecified atom stereocenters. The van der Waals surface area contributed by atoms with E-state index in [0.29, 0.717) is 5.56 Å². The highest BCUT2D eigenvalue weighted by atomic mass is 127. The molecule has 0 saturated carbocycles. The van der Waals surface area contributed by atoms with Gasteiger partial charge in [0.25, 0.3) is 0 Å². The van der Waals surface area contributed by atoms with Crippen LogP contribution in [0.2, 0.25) is 0 Å². The average Bonchev–Trinajstić information content (AvgIpc) is 2.31. The lowest BCUT2D eigenvalue weighted by molar-refractivity contribution is 0.139. The summed E-state index contributed by atoms with van der Waals surface area (Å²) in [6.45, 7) is 5.98. The number of aliphatic hydroxyl groups is 1. The molecule has 0 aliphatic heterocycles. The zero-order chi connectivity index (χ0) is 13.9. The summed E-state index contributed by atoms with van der Waals surface area (Å²) in [5.74, 6) is 0.258. The van der Waals surface area contributed by atoms with Crippen LogP contribution in [0.3, 0.4) is 0 Å². The first-order valence-electron chi connectivity index (χ1n) is 5.60. The molecular weight excluding hydrogens is 456 g/mol. The number of aliphatic hydroxyl groups excluding tert-OH is 1. The van der Waals surface area contributed by atoms with Gasteiger partial charge in [0.1, 0.15) is 5.75 Å². The van der Waals surface area contributed by atoms with Gasteiger partial charge in [-0.2, -0.15) is 0 Å². The van der Waals surface area contributed by atoms with E-state index in [-0.39, 0.29) is 23.8 Å². The summed E-state index contributed by atoms with van der Waals surface area (Å²) in [5.41, 5.74) is 0.452. The maximum Gasteiger partial charge on any atom is 0.137 e. The molecule has 0 spiro atoms. The molecule has 0 aliphatic rings. The zero-order valence-corrected chi connectivity index (χ0v) is 14.9. The minimum Gasteiger partial charge on any atom is -0.506 e. The zero-order valence-electron chi connectivity index (χ0n) is 10.6. The third kappa shape index (κ3) is 4.06. The molecular formula is C13H17I2NO2. The Morgan fingerprint density at radius 2 is 2.00 bits per heavy atom. The molecule has 1 aromatic carbocycles. The third-order valence-corrected chi connectivity index (χ3v) is 4.48. The second kappa shape index (κ2) is 6.51. The maximum absolute atomic E-state index is 9.94. The van der Waals surface area contributed by atoms with Crippen molar-refractivity contribution in [3.8, 4) is 5.75 Å². The quantitative estimate of drug-likeness (QED) is 0.521. The summed E-state index contributed by atoms with van der Waals surface area (Å²) in [7, 11) is 0. The van der Waals surface area contributed by atoms with Crippen LogP contribution in [0, 0.1) is 12.6 Å². The van der Waals surface area contributed by atoms with E-state index in [1.54, 1.807) is 6.21 Å². The van der Waals surface area contributed by atoms with Crippen LogP contribution < -0.4 is 0 Å². The predicted octanol–water partition coefficient (Wildman–Crippen LogP) is 3.43. The van der Waals surface area contributed by atoms with E-state index in [0.717, 1.165) is 7.14 Å². The number of phenols is 1. The molecule has 1 aromatic rings. The fourth-order valence-electron chi connectivity index (χ4n) is 1.21. The van der Waals surface area contributed by atoms with Crippen LogP contribution in [0.4, 0.5) is 0 Å². The molecule has 1 atom stereocenters. The molecule has 0 radical (unpaired) electrons. The first kappa shape index (κ1) is 16.2. The largest absolute Gasteiger partial charge is 0.506 e. The van der Waals surface area contributed by atoms with Crippen molar-refractivity contribution in [2.75, 3.05) is 6.61 Å². The van der Waals surface area contributed by atoms with Gasteiger partial charge in [0.15, 0.2) is 0 Å². The number of rotatable bonds is 4. The van der Waals surface area contributed by atoms with Gasteiger partial charge in [-0.05, 0) is 64.2 Å². The molecule has 0 saturated heterocycles. The van der Waals surface area contributed by atoms with Crippen LogP contribution in [0.5, 0.6) is 5.75 Å². The van der Waals surface area contributed by atoms with Crippen molar-refractivity contribution in [1.29, 1.82) is 0 Å². The van der Waals surface area contributed by atoms with E-state index in [1.165, 1.54) is 0 Å². The van der Waals surface area contributed by atoms with Crippen LogP contribution in [0.1, 0.15) is 26.3 Å². The predicted molar refractivity (Wildman–Crippen MR) is 91.5 cm³/mol. The number of aromatic hydroxyl groups is 1. The van der Waals surface area contributed by atoms with E-state index >= 15 is 0 Å². The van der Waals surface area contributed by atoms with Gasteiger partial charge in [-0.3, -0.25) is 4.99 Å². The van der Waals surface area contributed by atoms with Crippen molar-refractivity contribution in [2.45, 2.75) is 26.8 Å². The fraction of sp³-hybridized carbons (Fsp3) is 0.462. The Bertz CT molecular complexity index is 459. The molecule has 0 bridgehead atoms. The monoisotopic (exact) mass is 473 g/mol. The maximum atomic E-state index is 9.94. The highest BCUT2D eigenvalue weighted by molar-refractivity contribution is 14.1. The summed E-state index contributed by atoms with van der Waals surface area (Å²) in [4.78, 5) is 4.43. The lowest BCUT2D eigenvalue weighted by atomic mass is 9.87. The number of aliphatic imine (C=N–C) groups is 1. The number of benzene rings is 1. The van der Waals surface area contributed by atoms with E-state index in [4.69, 9.17) is 0 Å². The normalized spacial score (nSPS) is 14.1. The first-order chi connectivity index (χ1) is 8.27. The molecule has 0 aliphatic carbocycles. The Labute approximate surface area is 135 Å². The summed E-state index contributed by atoms with van der Waals surface area (Å²) in [6.07, 6.45) is 1.68. The van der Waals surface area contributed by atoms with Crippen LogP contribution in [0.15, 0.2) is 17.1 Å². The van der Waals surface area contributed by atoms with Crippen molar-refractivity contribution < 1.29 is 10.2 Å². The molecule has 0 heterocycles. The summed E-state index contributed by atoms with van der Waals surface area (Å²) < 4.78 is 1.88. The molecule has 100 valence electrons. The van der Waals surface area contributed by atoms with Crippen LogP contribution in [-0.2, 0) is 0 Å². The standard InChI is InChI=1S/C13H17I2NO2/c1-8(13(2,3)7-17)16-6-9-4-10(14)5-11(15)12(9)18/h4-6,8,17-18H,7H2,1-3H3/t8-/m1/s1. The molecule has 2 N–H and O–H groups in total. The number of hydrogen-bond donors (Lipinski definition) is 2. The Kier molecular flexibility index (Phi) is 5.85. The van der Waals surface area contributed by atoms with Gasteiger partial charge in [0, 0.05) is 20.8 Å². The molecule has 0 aromatic heterocycles. The number of hydrogen-bond acceptors (Lipinski definition) is 3. The average molecular weight is 473 g/mol. The van der Waals surface area contributed by atoms with Crippen molar-refractivity contribution in [3.63, 3.8) is 0 Å². The molecule has 1 rings (SSSR count). The van der Waals surface area contributed by atoms with Gasteiger partial charge < -0.3 is 10.2 Å². The van der Waals surface area contributed by atoms with Crippen molar-refractivity contribution in [1.82, 2.24) is 0 Å². The summed E-state index contributed by atoms with van der Waals surface area (Å²) in [6, 6.07) is 3.78. The lowest BCUT2D eigenvalue weighted by Gasteiger charge is -2.26. The van der Waals surface area contributed by atoms with Crippen LogP contribution >= 0.6 is 45.2 Å². The van der Waals surface area contributed by atoms with Gasteiger partial charge in [-0.1, -0.05) is 13.8 Å². The highest BCUT2D eigenvalue weighted by Gasteiger charge is 2.23. The fourth-order valence-corrected chi connectivity index (χ4v) is 3.10. The highest BCUT2D eigenvalue weighted by Crippen LogP contribution is 2.27. The van der Waals surface area contributed by atoms with Gasteiger partial charge in [0.2, 0.25) is 0 Å². The van der Waals surface area contributed by atoms with Crippen molar-refractivity contribution in [3.05, 3.63) is 24.8 Å². The Morgan fingerprint density at radius 1 is 1.39 bits per heavy atom. The third-order valence-electron chi connectivity index (χ3n) is 3.03. The van der Waals surface area contributed by atoms with Gasteiger partial charge in [-0.25, -0.2) is 0 Å². The summed E-state index contributed by atoms with van der Waals surface area (Å²) in [5, 5.41) is 19.2. The van der Waals surface area contributed by atoms with E-state index in [2.05, 4.69) is 50.2 Å². The van der Waals surface area contributed by atoms with Crippen LogP contribution in [0.25, 0.3) is 0 Å². The van der Waals surface area contributed by atoms with Gasteiger partial charge in [0.05, 0.1) is 16.2 Å². The number of halogens is 2. The second-order valence-corrected chi connectivity index (χ2v) is 7.33. The minimum atomic E-state index is -0.263. The molecule has 0 fully saturated rings. The van der Waals surface area contributed by atoms with Crippen LogP contribution in [-0.4, -0.2) is 29.1 Å². The number of phenolic OH excluding ortho intramolecular Hbond substituents is 1. The Hall–Kier alpha value is 0.110. The van der Waals surface area contributed by atoms with Crippen molar-refractivity contribution in [2.24, 2.45) is 10.4 Å². The van der Waals surface area contributed by atoms with Gasteiger partial charge >= 0.3 is 0 Å². The smallest absolute Gasteiger partial charge is 0.137 e. The lowest BCUT2D eigenvalue weighted by Crippen LogP contribution is -2.29. The minimum absolute atomic E-state index is 0.0163. The van der Waals surface area contributed by atoms with E-state index < -0.39 is 0 Å². The molecule has 3 nitrogen and oxygen atoms in total. The Morgan fingerprint density at radius 3 is 2.56 bits per heavy atom. The number of nitrogens with zero attached hydrogens (tertiary/aromatic N) is 1. The van der Waals surface area contributed by atoms with Gasteiger partial charge in [-0.15, -0.1) is 0 Å². The molecule has 5 heteroatoms.